The van der Waals surface area contributed by atoms with Gasteiger partial charge in [-0.3, -0.25) is 0 Å². The summed E-state index contributed by atoms with van der Waals surface area (Å²) in [5, 5.41) is 4.95. The maximum Gasteiger partial charge on any atom is 0.0541 e. The molecule has 0 aliphatic heterocycles. The highest BCUT2D eigenvalue weighted by molar-refractivity contribution is 6.12. The molecule has 0 spiro atoms. The third-order valence-corrected chi connectivity index (χ3v) is 12.5. The second-order valence-electron chi connectivity index (χ2n) is 16.2. The van der Waals surface area contributed by atoms with Crippen LogP contribution in [0.5, 0.6) is 0 Å². The van der Waals surface area contributed by atoms with E-state index in [1.807, 2.05) is 0 Å². The number of rotatable bonds is 7. The topological polar surface area (TPSA) is 9.86 Å². The Bertz CT molecular complexity index is 3600. The molecule has 62 heavy (non-hydrogen) atoms. The first kappa shape index (κ1) is 35.7. The minimum Gasteiger partial charge on any atom is -0.309 e. The lowest BCUT2D eigenvalue weighted by atomic mass is 9.95. The van der Waals surface area contributed by atoms with E-state index >= 15 is 0 Å². The van der Waals surface area contributed by atoms with Crippen LogP contribution in [0.4, 0.5) is 0 Å². The molecule has 0 aliphatic rings. The molecule has 2 aromatic heterocycles. The smallest absolute Gasteiger partial charge is 0.0541 e. The van der Waals surface area contributed by atoms with E-state index < -0.39 is 0 Å². The fraction of sp³-hybridized carbons (Fsp3) is 0. The van der Waals surface area contributed by atoms with E-state index in [-0.39, 0.29) is 0 Å². The van der Waals surface area contributed by atoms with E-state index in [4.69, 9.17) is 0 Å². The van der Waals surface area contributed by atoms with Crippen molar-refractivity contribution in [1.82, 2.24) is 9.13 Å². The molecule has 10 aromatic carbocycles. The second-order valence-corrected chi connectivity index (χ2v) is 16.2. The molecule has 0 radical (unpaired) electrons. The molecule has 2 nitrogen and oxygen atoms in total. The van der Waals surface area contributed by atoms with Crippen LogP contribution >= 0.6 is 0 Å². The molecule has 0 bridgehead atoms. The van der Waals surface area contributed by atoms with Gasteiger partial charge in [0.25, 0.3) is 0 Å². The predicted molar refractivity (Wildman–Crippen MR) is 262 cm³/mol. The first-order valence-corrected chi connectivity index (χ1v) is 21.3. The third-order valence-electron chi connectivity index (χ3n) is 12.5. The lowest BCUT2D eigenvalue weighted by Crippen LogP contribution is -1.96. The van der Waals surface area contributed by atoms with Gasteiger partial charge in [0.1, 0.15) is 0 Å². The number of hydrogen-bond donors (Lipinski definition) is 0. The molecular formula is C60H40N2. The van der Waals surface area contributed by atoms with Gasteiger partial charge in [0.2, 0.25) is 0 Å². The van der Waals surface area contributed by atoms with Crippen molar-refractivity contribution in [3.63, 3.8) is 0 Å². The van der Waals surface area contributed by atoms with Gasteiger partial charge in [-0.05, 0) is 128 Å². The molecule has 2 heterocycles. The highest BCUT2D eigenvalue weighted by atomic mass is 15.0. The van der Waals surface area contributed by atoms with Crippen LogP contribution in [0, 0.1) is 0 Å². The Morgan fingerprint density at radius 1 is 0.177 bits per heavy atom. The van der Waals surface area contributed by atoms with Crippen LogP contribution in [0.25, 0.3) is 111 Å². The van der Waals surface area contributed by atoms with Crippen LogP contribution in [0.15, 0.2) is 243 Å². The number of benzene rings is 10. The lowest BCUT2D eigenvalue weighted by Gasteiger charge is -2.15. The first-order chi connectivity index (χ1) is 30.7. The highest BCUT2D eigenvalue weighted by Gasteiger charge is 2.18. The van der Waals surface area contributed by atoms with Gasteiger partial charge in [0, 0.05) is 32.9 Å². The molecule has 0 amide bonds. The normalized spacial score (nSPS) is 11.5. The maximum atomic E-state index is 2.46. The van der Waals surface area contributed by atoms with Crippen LogP contribution in [0.3, 0.4) is 0 Å². The van der Waals surface area contributed by atoms with Crippen molar-refractivity contribution in [2.45, 2.75) is 0 Å². The van der Waals surface area contributed by atoms with E-state index in [2.05, 4.69) is 252 Å². The van der Waals surface area contributed by atoms with Crippen LogP contribution < -0.4 is 0 Å². The van der Waals surface area contributed by atoms with Crippen molar-refractivity contribution in [1.29, 1.82) is 0 Å². The Morgan fingerprint density at radius 2 is 0.516 bits per heavy atom. The highest BCUT2D eigenvalue weighted by Crippen LogP contribution is 2.40. The monoisotopic (exact) mass is 788 g/mol. The van der Waals surface area contributed by atoms with Crippen molar-refractivity contribution in [2.24, 2.45) is 0 Å². The quantitative estimate of drug-likeness (QED) is 0.152. The van der Waals surface area contributed by atoms with Crippen molar-refractivity contribution < 1.29 is 0 Å². The van der Waals surface area contributed by atoms with Crippen molar-refractivity contribution >= 4 is 43.6 Å². The summed E-state index contributed by atoms with van der Waals surface area (Å²) >= 11 is 0. The molecule has 0 aliphatic carbocycles. The summed E-state index contributed by atoms with van der Waals surface area (Å²) in [6.45, 7) is 0. The van der Waals surface area contributed by atoms with Crippen LogP contribution in [-0.4, -0.2) is 9.13 Å². The average molecular weight is 789 g/mol. The molecule has 0 unspecified atom stereocenters. The standard InChI is InChI=1S/C60H40N2/c1-4-15-41(16-5-1)43-27-29-44(30-28-43)49-36-50(48-32-34-59-56(40-48)53-23-10-12-25-57(53)61(59)51-21-8-3-9-22-51)38-52(37-49)62-58-26-13-11-24-54(58)55-39-47(31-33-60(55)62)46-20-14-19-45(35-46)42-17-6-2-7-18-42/h1-40H. The van der Waals surface area contributed by atoms with Crippen LogP contribution in [0.2, 0.25) is 0 Å². The van der Waals surface area contributed by atoms with Gasteiger partial charge in [-0.1, -0.05) is 170 Å². The Balaban J connectivity index is 1.05. The zero-order valence-corrected chi connectivity index (χ0v) is 34.0. The molecular weight excluding hydrogens is 749 g/mol. The van der Waals surface area contributed by atoms with E-state index in [1.54, 1.807) is 0 Å². The largest absolute Gasteiger partial charge is 0.309 e. The van der Waals surface area contributed by atoms with Crippen molar-refractivity contribution in [3.05, 3.63) is 243 Å². The lowest BCUT2D eigenvalue weighted by molar-refractivity contribution is 1.18. The summed E-state index contributed by atoms with van der Waals surface area (Å²) in [6, 6.07) is 88.5. The van der Waals surface area contributed by atoms with Crippen LogP contribution in [-0.2, 0) is 0 Å². The minimum absolute atomic E-state index is 1.13. The molecule has 0 saturated heterocycles. The van der Waals surface area contributed by atoms with E-state index in [9.17, 15) is 0 Å². The van der Waals surface area contributed by atoms with Gasteiger partial charge in [-0.2, -0.15) is 0 Å². The fourth-order valence-electron chi connectivity index (χ4n) is 9.51. The number of aromatic nitrogens is 2. The third kappa shape index (κ3) is 6.12. The van der Waals surface area contributed by atoms with Gasteiger partial charge in [0.05, 0.1) is 22.1 Å². The zero-order chi connectivity index (χ0) is 41.0. The summed E-state index contributed by atoms with van der Waals surface area (Å²) in [6.07, 6.45) is 0. The molecule has 290 valence electrons. The van der Waals surface area contributed by atoms with Crippen molar-refractivity contribution in [3.8, 4) is 67.0 Å². The fourth-order valence-corrected chi connectivity index (χ4v) is 9.51. The Hall–Kier alpha value is -8.20. The summed E-state index contributed by atoms with van der Waals surface area (Å²) in [7, 11) is 0. The van der Waals surface area contributed by atoms with E-state index in [0.717, 1.165) is 11.4 Å². The van der Waals surface area contributed by atoms with E-state index in [0.29, 0.717) is 0 Å². The molecule has 2 heteroatoms. The number of nitrogens with zero attached hydrogens (tertiary/aromatic N) is 2. The number of fused-ring (bicyclic) bond motifs is 6. The minimum atomic E-state index is 1.13. The van der Waals surface area contributed by atoms with Gasteiger partial charge < -0.3 is 9.13 Å². The summed E-state index contributed by atoms with van der Waals surface area (Å²) in [5.74, 6) is 0. The maximum absolute atomic E-state index is 2.46. The molecule has 0 saturated carbocycles. The first-order valence-electron chi connectivity index (χ1n) is 21.3. The average Bonchev–Trinajstić information content (AvgIpc) is 3.87. The zero-order valence-electron chi connectivity index (χ0n) is 34.0. The number of hydrogen-bond acceptors (Lipinski definition) is 0. The van der Waals surface area contributed by atoms with Crippen LogP contribution in [0.1, 0.15) is 0 Å². The molecule has 12 rings (SSSR count). The summed E-state index contributed by atoms with van der Waals surface area (Å²) in [5.41, 5.74) is 19.0. The Morgan fingerprint density at radius 3 is 1.10 bits per heavy atom. The van der Waals surface area contributed by atoms with Gasteiger partial charge >= 0.3 is 0 Å². The SMILES string of the molecule is c1ccc(-c2ccc(-c3cc(-c4ccc5c(c4)c4ccccc4n5-c4ccccc4)cc(-n4c5ccccc5c5cc(-c6cccc(-c7ccccc7)c6)ccc54)c3)cc2)cc1. The second kappa shape index (κ2) is 14.8. The summed E-state index contributed by atoms with van der Waals surface area (Å²) in [4.78, 5) is 0. The molecule has 0 fully saturated rings. The van der Waals surface area contributed by atoms with Gasteiger partial charge in [-0.15, -0.1) is 0 Å². The number of para-hydroxylation sites is 3. The predicted octanol–water partition coefficient (Wildman–Crippen LogP) is 16.2. The van der Waals surface area contributed by atoms with Gasteiger partial charge in [0.15, 0.2) is 0 Å². The Kier molecular flexibility index (Phi) is 8.53. The van der Waals surface area contributed by atoms with Crippen molar-refractivity contribution in [2.75, 3.05) is 0 Å². The van der Waals surface area contributed by atoms with Gasteiger partial charge in [-0.25, -0.2) is 0 Å². The molecule has 0 atom stereocenters. The molecule has 0 N–H and O–H groups in total. The van der Waals surface area contributed by atoms with E-state index in [1.165, 1.54) is 99.2 Å². The molecule has 12 aromatic rings. The summed E-state index contributed by atoms with van der Waals surface area (Å²) < 4.78 is 4.84. The Labute approximate surface area is 360 Å².